The van der Waals surface area contributed by atoms with Gasteiger partial charge in [-0.2, -0.15) is 0 Å². The number of aliphatic hydroxyl groups is 1. The highest BCUT2D eigenvalue weighted by Gasteiger charge is 2.44. The van der Waals surface area contributed by atoms with E-state index < -0.39 is 6.10 Å². The average Bonchev–Trinajstić information content (AvgIpc) is 2.97. The second-order valence-corrected chi connectivity index (χ2v) is 3.01. The van der Waals surface area contributed by atoms with Crippen LogP contribution in [-0.2, 0) is 4.74 Å². The third-order valence-electron chi connectivity index (χ3n) is 2.08. The van der Waals surface area contributed by atoms with Crippen molar-refractivity contribution in [1.82, 2.24) is 0 Å². The molecule has 3 nitrogen and oxygen atoms in total. The molecule has 1 aliphatic rings. The van der Waals surface area contributed by atoms with Crippen molar-refractivity contribution in [1.29, 1.82) is 0 Å². The van der Waals surface area contributed by atoms with Crippen LogP contribution in [0.2, 0.25) is 0 Å². The highest BCUT2D eigenvalue weighted by Crippen LogP contribution is 2.25. The molecule has 2 rings (SSSR count). The molecule has 0 bridgehead atoms. The Kier molecular flexibility index (Phi) is 2.12. The van der Waals surface area contributed by atoms with Gasteiger partial charge in [0.15, 0.2) is 5.78 Å². The van der Waals surface area contributed by atoms with Gasteiger partial charge in [-0.25, -0.2) is 0 Å². The van der Waals surface area contributed by atoms with Crippen molar-refractivity contribution in [3.05, 3.63) is 35.9 Å². The average molecular weight is 178 g/mol. The van der Waals surface area contributed by atoms with Crippen molar-refractivity contribution in [3.8, 4) is 0 Å². The largest absolute Gasteiger partial charge is 0.394 e. The van der Waals surface area contributed by atoms with Gasteiger partial charge in [0.25, 0.3) is 0 Å². The Morgan fingerprint density at radius 2 is 2.08 bits per heavy atom. The Morgan fingerprint density at radius 3 is 2.62 bits per heavy atom. The van der Waals surface area contributed by atoms with E-state index in [0.717, 1.165) is 0 Å². The molecule has 0 spiro atoms. The van der Waals surface area contributed by atoms with Gasteiger partial charge in [-0.3, -0.25) is 4.79 Å². The summed E-state index contributed by atoms with van der Waals surface area (Å²) in [6, 6.07) is 8.97. The Hall–Kier alpha value is -1.19. The molecule has 3 heteroatoms. The number of epoxide rings is 1. The fourth-order valence-electron chi connectivity index (χ4n) is 1.28. The van der Waals surface area contributed by atoms with Crippen molar-refractivity contribution in [3.63, 3.8) is 0 Å². The molecule has 13 heavy (non-hydrogen) atoms. The Balaban J connectivity index is 2.07. The molecule has 1 saturated heterocycles. The quantitative estimate of drug-likeness (QED) is 0.545. The second kappa shape index (κ2) is 3.28. The first-order valence-electron chi connectivity index (χ1n) is 4.18. The summed E-state index contributed by atoms with van der Waals surface area (Å²) in [4.78, 5) is 11.5. The Labute approximate surface area is 76.0 Å². The molecule has 2 atom stereocenters. The molecule has 1 aliphatic heterocycles. The van der Waals surface area contributed by atoms with E-state index in [-0.39, 0.29) is 18.5 Å². The molecule has 1 N–H and O–H groups in total. The molecule has 1 fully saturated rings. The zero-order chi connectivity index (χ0) is 9.26. The minimum Gasteiger partial charge on any atom is -0.394 e. The molecular weight excluding hydrogens is 168 g/mol. The van der Waals surface area contributed by atoms with Crippen molar-refractivity contribution < 1.29 is 14.6 Å². The zero-order valence-electron chi connectivity index (χ0n) is 7.01. The van der Waals surface area contributed by atoms with E-state index >= 15 is 0 Å². The minimum absolute atomic E-state index is 0.0420. The van der Waals surface area contributed by atoms with Crippen molar-refractivity contribution >= 4 is 5.78 Å². The predicted octanol–water partition coefficient (Wildman–Crippen LogP) is 0.629. The number of aliphatic hydroxyl groups excluding tert-OH is 1. The topological polar surface area (TPSA) is 49.8 Å². The minimum atomic E-state index is -0.424. The molecule has 0 aliphatic carbocycles. The molecule has 68 valence electrons. The van der Waals surface area contributed by atoms with Crippen LogP contribution in [0, 0.1) is 0 Å². The predicted molar refractivity (Wildman–Crippen MR) is 46.5 cm³/mol. The molecule has 1 heterocycles. The Bertz CT molecular complexity index is 307. The van der Waals surface area contributed by atoms with Crippen LogP contribution in [-0.4, -0.2) is 29.7 Å². The number of benzene rings is 1. The summed E-state index contributed by atoms with van der Waals surface area (Å²) in [7, 11) is 0. The highest BCUT2D eigenvalue weighted by molar-refractivity contribution is 6.01. The number of hydrogen-bond acceptors (Lipinski definition) is 3. The first-order chi connectivity index (χ1) is 6.33. The van der Waals surface area contributed by atoms with Gasteiger partial charge in [0.2, 0.25) is 0 Å². The summed E-state index contributed by atoms with van der Waals surface area (Å²) in [6.45, 7) is -0.0801. The molecule has 1 aromatic carbocycles. The molecule has 0 unspecified atom stereocenters. The van der Waals surface area contributed by atoms with Crippen LogP contribution in [0.3, 0.4) is 0 Å². The maximum atomic E-state index is 11.5. The SMILES string of the molecule is O=C(c1ccccc1)[C@H]1O[C@H]1CO. The standard InChI is InChI=1S/C10H10O3/c11-6-8-10(13-8)9(12)7-4-2-1-3-5-7/h1-5,8,10-11H,6H2/t8-,10-/m0/s1. The van der Waals surface area contributed by atoms with Crippen LogP contribution in [0.15, 0.2) is 30.3 Å². The molecule has 0 aromatic heterocycles. The zero-order valence-corrected chi connectivity index (χ0v) is 7.01. The van der Waals surface area contributed by atoms with Crippen LogP contribution < -0.4 is 0 Å². The number of Topliss-reactive ketones (excluding diaryl/α,β-unsaturated/α-hetero) is 1. The van der Waals surface area contributed by atoms with Gasteiger partial charge >= 0.3 is 0 Å². The second-order valence-electron chi connectivity index (χ2n) is 3.01. The van der Waals surface area contributed by atoms with Gasteiger partial charge in [0, 0.05) is 5.56 Å². The van der Waals surface area contributed by atoms with Crippen LogP contribution in [0.4, 0.5) is 0 Å². The van der Waals surface area contributed by atoms with Gasteiger partial charge in [-0.15, -0.1) is 0 Å². The van der Waals surface area contributed by atoms with E-state index in [1.54, 1.807) is 12.1 Å². The number of ether oxygens (including phenoxy) is 1. The van der Waals surface area contributed by atoms with E-state index in [0.29, 0.717) is 5.56 Å². The van der Waals surface area contributed by atoms with Gasteiger partial charge < -0.3 is 9.84 Å². The third kappa shape index (κ3) is 1.61. The van der Waals surface area contributed by atoms with Gasteiger partial charge in [0.05, 0.1) is 6.61 Å². The van der Waals surface area contributed by atoms with Crippen molar-refractivity contribution in [2.75, 3.05) is 6.61 Å². The van der Waals surface area contributed by atoms with Gasteiger partial charge in [0.1, 0.15) is 12.2 Å². The maximum Gasteiger partial charge on any atom is 0.194 e. The monoisotopic (exact) mass is 178 g/mol. The number of rotatable bonds is 3. The molecular formula is C10H10O3. The van der Waals surface area contributed by atoms with Crippen LogP contribution in [0.5, 0.6) is 0 Å². The lowest BCUT2D eigenvalue weighted by Crippen LogP contribution is -2.11. The summed E-state index contributed by atoms with van der Waals surface area (Å²) in [6.07, 6.45) is -0.708. The van der Waals surface area contributed by atoms with Crippen LogP contribution >= 0.6 is 0 Å². The highest BCUT2D eigenvalue weighted by atomic mass is 16.6. The van der Waals surface area contributed by atoms with E-state index in [4.69, 9.17) is 9.84 Å². The summed E-state index contributed by atoms with van der Waals surface area (Å²) in [5.41, 5.74) is 0.642. The smallest absolute Gasteiger partial charge is 0.194 e. The van der Waals surface area contributed by atoms with E-state index in [2.05, 4.69) is 0 Å². The fraction of sp³-hybridized carbons (Fsp3) is 0.300. The molecule has 0 saturated carbocycles. The summed E-state index contributed by atoms with van der Waals surface area (Å²) in [5, 5.41) is 8.70. The summed E-state index contributed by atoms with van der Waals surface area (Å²) in [5.74, 6) is -0.0420. The van der Waals surface area contributed by atoms with Crippen molar-refractivity contribution in [2.24, 2.45) is 0 Å². The number of hydrogen-bond donors (Lipinski definition) is 1. The van der Waals surface area contributed by atoms with Crippen LogP contribution in [0.1, 0.15) is 10.4 Å². The van der Waals surface area contributed by atoms with E-state index in [1.807, 2.05) is 18.2 Å². The number of carbonyl (C=O) groups excluding carboxylic acids is 1. The maximum absolute atomic E-state index is 11.5. The lowest BCUT2D eigenvalue weighted by molar-refractivity contribution is 0.0953. The fourth-order valence-corrected chi connectivity index (χ4v) is 1.28. The first-order valence-corrected chi connectivity index (χ1v) is 4.18. The lowest BCUT2D eigenvalue weighted by Gasteiger charge is -1.94. The lowest BCUT2D eigenvalue weighted by atomic mass is 10.1. The number of carbonyl (C=O) groups is 1. The molecule has 1 aromatic rings. The van der Waals surface area contributed by atoms with Crippen molar-refractivity contribution in [2.45, 2.75) is 12.2 Å². The van der Waals surface area contributed by atoms with Gasteiger partial charge in [-0.05, 0) is 0 Å². The molecule has 0 amide bonds. The third-order valence-corrected chi connectivity index (χ3v) is 2.08. The van der Waals surface area contributed by atoms with Crippen LogP contribution in [0.25, 0.3) is 0 Å². The summed E-state index contributed by atoms with van der Waals surface area (Å²) < 4.78 is 4.98. The normalized spacial score (nSPS) is 25.6. The number of ketones is 1. The van der Waals surface area contributed by atoms with E-state index in [1.165, 1.54) is 0 Å². The first kappa shape index (κ1) is 8.41. The molecule has 0 radical (unpaired) electrons. The van der Waals surface area contributed by atoms with E-state index in [9.17, 15) is 4.79 Å². The summed E-state index contributed by atoms with van der Waals surface area (Å²) >= 11 is 0. The van der Waals surface area contributed by atoms with Gasteiger partial charge in [-0.1, -0.05) is 30.3 Å². The Morgan fingerprint density at radius 1 is 1.38 bits per heavy atom.